The van der Waals surface area contributed by atoms with Gasteiger partial charge in [0.25, 0.3) is 0 Å². The van der Waals surface area contributed by atoms with E-state index in [1.807, 2.05) is 0 Å². The third-order valence-electron chi connectivity index (χ3n) is 5.12. The first-order valence-electron chi connectivity index (χ1n) is 7.69. The number of carboxylic acids is 1. The molecule has 4 unspecified atom stereocenters. The van der Waals surface area contributed by atoms with Crippen LogP contribution >= 0.6 is 0 Å². The second-order valence-corrected chi connectivity index (χ2v) is 6.70. The van der Waals surface area contributed by atoms with Crippen molar-refractivity contribution >= 4 is 12.0 Å². The molecule has 1 saturated heterocycles. The number of urea groups is 1. The molecule has 0 radical (unpaired) electrons. The fraction of sp³-hybridized carbons (Fsp3) is 0.867. The zero-order valence-electron chi connectivity index (χ0n) is 12.6. The van der Waals surface area contributed by atoms with E-state index in [1.54, 1.807) is 4.90 Å². The maximum Gasteiger partial charge on any atom is 0.326 e. The molecule has 114 valence electrons. The minimum Gasteiger partial charge on any atom is -0.480 e. The standard InChI is InChI=1S/C15H26N2O3/c1-9(2)10(3)7-16-15(20)17-8-11-5-4-6-12(11)13(17)14(18)19/h9-13H,4-8H2,1-3H3,(H,16,20)(H,18,19). The van der Waals surface area contributed by atoms with Crippen LogP contribution in [0.25, 0.3) is 0 Å². The molecule has 2 amide bonds. The number of hydrogen-bond acceptors (Lipinski definition) is 2. The van der Waals surface area contributed by atoms with Crippen molar-refractivity contribution in [2.45, 2.75) is 46.1 Å². The average Bonchev–Trinajstić information content (AvgIpc) is 2.94. The van der Waals surface area contributed by atoms with E-state index in [9.17, 15) is 14.7 Å². The average molecular weight is 282 g/mol. The maximum absolute atomic E-state index is 12.3. The molecule has 20 heavy (non-hydrogen) atoms. The first-order valence-corrected chi connectivity index (χ1v) is 7.69. The van der Waals surface area contributed by atoms with E-state index in [2.05, 4.69) is 26.1 Å². The highest BCUT2D eigenvalue weighted by molar-refractivity contribution is 5.83. The molecular weight excluding hydrogens is 256 g/mol. The Bertz CT molecular complexity index is 383. The van der Waals surface area contributed by atoms with Crippen molar-refractivity contribution in [2.75, 3.05) is 13.1 Å². The number of amides is 2. The van der Waals surface area contributed by atoms with Gasteiger partial charge in [0.1, 0.15) is 6.04 Å². The van der Waals surface area contributed by atoms with Crippen LogP contribution in [0.3, 0.4) is 0 Å². The molecule has 4 atom stereocenters. The number of carbonyl (C=O) groups is 2. The molecule has 5 nitrogen and oxygen atoms in total. The van der Waals surface area contributed by atoms with Gasteiger partial charge in [0.15, 0.2) is 0 Å². The molecular formula is C15H26N2O3. The Hall–Kier alpha value is -1.26. The van der Waals surface area contributed by atoms with Gasteiger partial charge in [0, 0.05) is 13.1 Å². The summed E-state index contributed by atoms with van der Waals surface area (Å²) < 4.78 is 0. The molecule has 1 heterocycles. The summed E-state index contributed by atoms with van der Waals surface area (Å²) in [6, 6.07) is -0.837. The summed E-state index contributed by atoms with van der Waals surface area (Å²) >= 11 is 0. The van der Waals surface area contributed by atoms with E-state index >= 15 is 0 Å². The van der Waals surface area contributed by atoms with E-state index in [1.165, 1.54) is 0 Å². The Morgan fingerprint density at radius 2 is 2.00 bits per heavy atom. The molecule has 0 bridgehead atoms. The fourth-order valence-electron chi connectivity index (χ4n) is 3.42. The number of aliphatic carboxylic acids is 1. The highest BCUT2D eigenvalue weighted by Crippen LogP contribution is 2.42. The quantitative estimate of drug-likeness (QED) is 0.830. The van der Waals surface area contributed by atoms with Crippen molar-refractivity contribution in [3.8, 4) is 0 Å². The SMILES string of the molecule is CC(C)C(C)CNC(=O)N1CC2CCCC2C1C(=O)O. The van der Waals surface area contributed by atoms with Gasteiger partial charge in [-0.2, -0.15) is 0 Å². The summed E-state index contributed by atoms with van der Waals surface area (Å²) in [7, 11) is 0. The molecule has 0 spiro atoms. The number of carbonyl (C=O) groups excluding carboxylic acids is 1. The van der Waals surface area contributed by atoms with Crippen molar-refractivity contribution in [3.05, 3.63) is 0 Å². The normalized spacial score (nSPS) is 30.4. The van der Waals surface area contributed by atoms with Crippen LogP contribution in [0.5, 0.6) is 0 Å². The Kier molecular flexibility index (Phi) is 4.55. The van der Waals surface area contributed by atoms with Gasteiger partial charge in [-0.05, 0) is 36.5 Å². The highest BCUT2D eigenvalue weighted by Gasteiger charge is 2.49. The maximum atomic E-state index is 12.3. The topological polar surface area (TPSA) is 69.6 Å². The molecule has 0 aromatic heterocycles. The lowest BCUT2D eigenvalue weighted by Gasteiger charge is -2.26. The zero-order chi connectivity index (χ0) is 14.9. The van der Waals surface area contributed by atoms with Crippen molar-refractivity contribution in [2.24, 2.45) is 23.7 Å². The molecule has 2 rings (SSSR count). The van der Waals surface area contributed by atoms with Gasteiger partial charge in [0.2, 0.25) is 0 Å². The van der Waals surface area contributed by atoms with E-state index in [-0.39, 0.29) is 11.9 Å². The molecule has 0 aromatic rings. The van der Waals surface area contributed by atoms with E-state index in [4.69, 9.17) is 0 Å². The minimum atomic E-state index is -0.855. The summed E-state index contributed by atoms with van der Waals surface area (Å²) in [5.74, 6) is 0.574. The van der Waals surface area contributed by atoms with Crippen LogP contribution in [0.2, 0.25) is 0 Å². The summed E-state index contributed by atoms with van der Waals surface area (Å²) in [5.41, 5.74) is 0. The van der Waals surface area contributed by atoms with Gasteiger partial charge in [0.05, 0.1) is 0 Å². The number of rotatable bonds is 4. The smallest absolute Gasteiger partial charge is 0.326 e. The van der Waals surface area contributed by atoms with Crippen molar-refractivity contribution in [3.63, 3.8) is 0 Å². The monoisotopic (exact) mass is 282 g/mol. The van der Waals surface area contributed by atoms with Gasteiger partial charge in [-0.1, -0.05) is 27.2 Å². The van der Waals surface area contributed by atoms with Gasteiger partial charge in [-0.15, -0.1) is 0 Å². The molecule has 0 aromatic carbocycles. The first kappa shape index (κ1) is 15.1. The molecule has 2 N–H and O–H groups in total. The van der Waals surface area contributed by atoms with E-state index in [0.717, 1.165) is 19.3 Å². The number of fused-ring (bicyclic) bond motifs is 1. The lowest BCUT2D eigenvalue weighted by molar-refractivity contribution is -0.142. The van der Waals surface area contributed by atoms with Gasteiger partial charge >= 0.3 is 12.0 Å². The van der Waals surface area contributed by atoms with Crippen molar-refractivity contribution in [1.82, 2.24) is 10.2 Å². The van der Waals surface area contributed by atoms with Crippen LogP contribution < -0.4 is 5.32 Å². The van der Waals surface area contributed by atoms with Crippen LogP contribution in [-0.4, -0.2) is 41.1 Å². The zero-order valence-corrected chi connectivity index (χ0v) is 12.6. The number of carboxylic acid groups (broad SMARTS) is 1. The van der Waals surface area contributed by atoms with Crippen LogP contribution in [-0.2, 0) is 4.79 Å². The molecule has 1 aliphatic heterocycles. The predicted octanol–water partition coefficient (Wildman–Crippen LogP) is 2.17. The third kappa shape index (κ3) is 2.91. The van der Waals surface area contributed by atoms with E-state index < -0.39 is 12.0 Å². The molecule has 2 aliphatic rings. The first-order chi connectivity index (χ1) is 9.41. The third-order valence-corrected chi connectivity index (χ3v) is 5.12. The Labute approximate surface area is 120 Å². The molecule has 1 saturated carbocycles. The second-order valence-electron chi connectivity index (χ2n) is 6.70. The van der Waals surface area contributed by atoms with Gasteiger partial charge in [-0.25, -0.2) is 9.59 Å². The Balaban J connectivity index is 1.96. The fourth-order valence-corrected chi connectivity index (χ4v) is 3.42. The lowest BCUT2D eigenvalue weighted by Crippen LogP contribution is -2.48. The Morgan fingerprint density at radius 3 is 2.60 bits per heavy atom. The summed E-state index contributed by atoms with van der Waals surface area (Å²) in [6.07, 6.45) is 3.09. The highest BCUT2D eigenvalue weighted by atomic mass is 16.4. The summed E-state index contributed by atoms with van der Waals surface area (Å²) in [5, 5.41) is 12.3. The van der Waals surface area contributed by atoms with Crippen LogP contribution in [0.15, 0.2) is 0 Å². The number of nitrogens with zero attached hydrogens (tertiary/aromatic N) is 1. The van der Waals surface area contributed by atoms with Crippen LogP contribution in [0.4, 0.5) is 4.79 Å². The van der Waals surface area contributed by atoms with Crippen molar-refractivity contribution in [1.29, 1.82) is 0 Å². The number of hydrogen-bond donors (Lipinski definition) is 2. The predicted molar refractivity (Wildman–Crippen MR) is 76.4 cm³/mol. The second kappa shape index (κ2) is 6.02. The van der Waals surface area contributed by atoms with Crippen molar-refractivity contribution < 1.29 is 14.7 Å². The van der Waals surface area contributed by atoms with Crippen LogP contribution in [0, 0.1) is 23.7 Å². The van der Waals surface area contributed by atoms with Gasteiger partial charge in [-0.3, -0.25) is 0 Å². The summed E-state index contributed by atoms with van der Waals surface area (Å²) in [6.45, 7) is 7.55. The summed E-state index contributed by atoms with van der Waals surface area (Å²) in [4.78, 5) is 25.3. The van der Waals surface area contributed by atoms with Gasteiger partial charge < -0.3 is 15.3 Å². The minimum absolute atomic E-state index is 0.153. The molecule has 2 fully saturated rings. The number of nitrogens with one attached hydrogen (secondary N) is 1. The lowest BCUT2D eigenvalue weighted by atomic mass is 9.94. The van der Waals surface area contributed by atoms with E-state index in [0.29, 0.717) is 30.8 Å². The van der Waals surface area contributed by atoms with Crippen LogP contribution in [0.1, 0.15) is 40.0 Å². The molecule has 5 heteroatoms. The molecule has 1 aliphatic carbocycles. The number of likely N-dealkylation sites (tertiary alicyclic amines) is 1. The Morgan fingerprint density at radius 1 is 1.30 bits per heavy atom. The largest absolute Gasteiger partial charge is 0.480 e.